The van der Waals surface area contributed by atoms with Crippen molar-refractivity contribution in [1.29, 1.82) is 0 Å². The highest BCUT2D eigenvalue weighted by Crippen LogP contribution is 2.30. The van der Waals surface area contributed by atoms with Crippen LogP contribution in [0, 0.1) is 0 Å². The van der Waals surface area contributed by atoms with Crippen LogP contribution >= 0.6 is 11.6 Å². The fraction of sp³-hybridized carbons (Fsp3) is 0.333. The SMILES string of the molecule is CCN(C(=O)c1cc(Cl)nc2ccccc12)C1CC1. The zero-order chi connectivity index (χ0) is 13.4. The molecule has 2 aromatic rings. The number of amides is 1. The average molecular weight is 275 g/mol. The van der Waals surface area contributed by atoms with E-state index in [0.29, 0.717) is 16.8 Å². The lowest BCUT2D eigenvalue weighted by atomic mass is 10.1. The molecule has 3 nitrogen and oxygen atoms in total. The van der Waals surface area contributed by atoms with Crippen LogP contribution in [0.5, 0.6) is 0 Å². The zero-order valence-corrected chi connectivity index (χ0v) is 11.5. The summed E-state index contributed by atoms with van der Waals surface area (Å²) in [5.74, 6) is 0.0606. The lowest BCUT2D eigenvalue weighted by Crippen LogP contribution is -2.33. The van der Waals surface area contributed by atoms with Crippen LogP contribution in [0.1, 0.15) is 30.1 Å². The fourth-order valence-electron chi connectivity index (χ4n) is 2.43. The minimum Gasteiger partial charge on any atom is -0.336 e. The van der Waals surface area contributed by atoms with Crippen LogP contribution in [0.25, 0.3) is 10.9 Å². The highest BCUT2D eigenvalue weighted by molar-refractivity contribution is 6.30. The van der Waals surface area contributed by atoms with Gasteiger partial charge in [0.1, 0.15) is 5.15 Å². The summed E-state index contributed by atoms with van der Waals surface area (Å²) >= 11 is 6.03. The number of hydrogen-bond donors (Lipinski definition) is 0. The highest BCUT2D eigenvalue weighted by atomic mass is 35.5. The molecule has 0 bridgehead atoms. The maximum absolute atomic E-state index is 12.7. The Morgan fingerprint density at radius 3 is 2.84 bits per heavy atom. The van der Waals surface area contributed by atoms with Crippen molar-refractivity contribution in [1.82, 2.24) is 9.88 Å². The summed E-state index contributed by atoms with van der Waals surface area (Å²) < 4.78 is 0. The molecule has 0 atom stereocenters. The molecule has 0 N–H and O–H groups in total. The molecular formula is C15H15ClN2O. The van der Waals surface area contributed by atoms with Crippen molar-refractivity contribution in [2.24, 2.45) is 0 Å². The first-order chi connectivity index (χ1) is 9.20. The van der Waals surface area contributed by atoms with Crippen LogP contribution < -0.4 is 0 Å². The summed E-state index contributed by atoms with van der Waals surface area (Å²) in [6.45, 7) is 2.75. The van der Waals surface area contributed by atoms with Crippen LogP contribution in [-0.2, 0) is 0 Å². The first kappa shape index (κ1) is 12.4. The number of carbonyl (C=O) groups excluding carboxylic acids is 1. The second-order valence-corrected chi connectivity index (χ2v) is 5.22. The van der Waals surface area contributed by atoms with Crippen LogP contribution in [0.3, 0.4) is 0 Å². The van der Waals surface area contributed by atoms with E-state index >= 15 is 0 Å². The maximum Gasteiger partial charge on any atom is 0.254 e. The fourth-order valence-corrected chi connectivity index (χ4v) is 2.63. The van der Waals surface area contributed by atoms with Gasteiger partial charge in [0.05, 0.1) is 11.1 Å². The predicted molar refractivity (Wildman–Crippen MR) is 76.5 cm³/mol. The van der Waals surface area contributed by atoms with Crippen LogP contribution in [-0.4, -0.2) is 28.4 Å². The Labute approximate surface area is 117 Å². The van der Waals surface area contributed by atoms with Gasteiger partial charge < -0.3 is 4.90 Å². The van der Waals surface area contributed by atoms with E-state index in [-0.39, 0.29) is 5.91 Å². The Morgan fingerprint density at radius 2 is 2.16 bits per heavy atom. The third kappa shape index (κ3) is 2.30. The van der Waals surface area contributed by atoms with Gasteiger partial charge in [-0.25, -0.2) is 4.98 Å². The number of nitrogens with zero attached hydrogens (tertiary/aromatic N) is 2. The van der Waals surface area contributed by atoms with E-state index in [1.54, 1.807) is 6.07 Å². The van der Waals surface area contributed by atoms with Gasteiger partial charge >= 0.3 is 0 Å². The molecule has 3 rings (SSSR count). The van der Waals surface area contributed by atoms with Gasteiger partial charge in [-0.15, -0.1) is 0 Å². The van der Waals surface area contributed by atoms with Crippen molar-refractivity contribution in [2.45, 2.75) is 25.8 Å². The molecule has 0 radical (unpaired) electrons. The Kier molecular flexibility index (Phi) is 3.15. The van der Waals surface area contributed by atoms with Gasteiger partial charge in [0.2, 0.25) is 0 Å². The van der Waals surface area contributed by atoms with Crippen LogP contribution in [0.2, 0.25) is 5.15 Å². The molecule has 1 amide bonds. The lowest BCUT2D eigenvalue weighted by molar-refractivity contribution is 0.0754. The second kappa shape index (κ2) is 4.82. The van der Waals surface area contributed by atoms with Crippen molar-refractivity contribution >= 4 is 28.4 Å². The Hall–Kier alpha value is -1.61. The van der Waals surface area contributed by atoms with E-state index in [2.05, 4.69) is 4.98 Å². The van der Waals surface area contributed by atoms with E-state index in [9.17, 15) is 4.79 Å². The number of halogens is 1. The number of fused-ring (bicyclic) bond motifs is 1. The largest absolute Gasteiger partial charge is 0.336 e. The van der Waals surface area contributed by atoms with Crippen molar-refractivity contribution < 1.29 is 4.79 Å². The van der Waals surface area contributed by atoms with Crippen LogP contribution in [0.4, 0.5) is 0 Å². The minimum atomic E-state index is 0.0606. The molecule has 1 aliphatic rings. The van der Waals surface area contributed by atoms with Gasteiger partial charge in [-0.1, -0.05) is 29.8 Å². The van der Waals surface area contributed by atoms with Crippen molar-refractivity contribution in [3.05, 3.63) is 41.0 Å². The summed E-state index contributed by atoms with van der Waals surface area (Å²) in [4.78, 5) is 18.9. The second-order valence-electron chi connectivity index (χ2n) is 4.83. The molecule has 19 heavy (non-hydrogen) atoms. The molecule has 4 heteroatoms. The molecule has 0 aliphatic heterocycles. The number of benzene rings is 1. The van der Waals surface area contributed by atoms with Crippen molar-refractivity contribution in [3.63, 3.8) is 0 Å². The third-order valence-electron chi connectivity index (χ3n) is 3.50. The molecular weight excluding hydrogens is 260 g/mol. The molecule has 1 heterocycles. The van der Waals surface area contributed by atoms with E-state index in [1.807, 2.05) is 36.1 Å². The number of carbonyl (C=O) groups is 1. The molecule has 1 saturated carbocycles. The normalized spacial score (nSPS) is 14.6. The van der Waals surface area contributed by atoms with Gasteiger partial charge in [0.25, 0.3) is 5.91 Å². The highest BCUT2D eigenvalue weighted by Gasteiger charge is 2.32. The number of pyridine rings is 1. The number of hydrogen-bond acceptors (Lipinski definition) is 2. The van der Waals surface area contributed by atoms with Gasteiger partial charge in [-0.2, -0.15) is 0 Å². The lowest BCUT2D eigenvalue weighted by Gasteiger charge is -2.21. The molecule has 1 aliphatic carbocycles. The van der Waals surface area contributed by atoms with Crippen LogP contribution in [0.15, 0.2) is 30.3 Å². The first-order valence-corrected chi connectivity index (χ1v) is 6.94. The van der Waals surface area contributed by atoms with E-state index in [1.165, 1.54) is 0 Å². The Morgan fingerprint density at radius 1 is 1.42 bits per heavy atom. The quantitative estimate of drug-likeness (QED) is 0.803. The topological polar surface area (TPSA) is 33.2 Å². The molecule has 98 valence electrons. The van der Waals surface area contributed by atoms with Gasteiger partial charge in [-0.05, 0) is 31.9 Å². The minimum absolute atomic E-state index is 0.0606. The number of rotatable bonds is 3. The Balaban J connectivity index is 2.10. The molecule has 1 aromatic carbocycles. The molecule has 0 saturated heterocycles. The Bertz CT molecular complexity index is 637. The molecule has 0 spiro atoms. The summed E-state index contributed by atoms with van der Waals surface area (Å²) in [7, 11) is 0. The zero-order valence-electron chi connectivity index (χ0n) is 10.8. The summed E-state index contributed by atoms with van der Waals surface area (Å²) in [5.41, 5.74) is 1.43. The maximum atomic E-state index is 12.7. The van der Waals surface area contributed by atoms with Crippen molar-refractivity contribution in [2.75, 3.05) is 6.54 Å². The standard InChI is InChI=1S/C15H15ClN2O/c1-2-18(10-7-8-10)15(19)12-9-14(16)17-13-6-4-3-5-11(12)13/h3-6,9-10H,2,7-8H2,1H3. The number of para-hydroxylation sites is 1. The summed E-state index contributed by atoms with van der Waals surface area (Å²) in [6, 6.07) is 9.71. The summed E-state index contributed by atoms with van der Waals surface area (Å²) in [6.07, 6.45) is 2.21. The molecule has 1 aromatic heterocycles. The number of aromatic nitrogens is 1. The van der Waals surface area contributed by atoms with Gasteiger partial charge in [0.15, 0.2) is 0 Å². The monoisotopic (exact) mass is 274 g/mol. The van der Waals surface area contributed by atoms with Crippen molar-refractivity contribution in [3.8, 4) is 0 Å². The average Bonchev–Trinajstić information content (AvgIpc) is 3.23. The summed E-state index contributed by atoms with van der Waals surface area (Å²) in [5, 5.41) is 1.24. The third-order valence-corrected chi connectivity index (χ3v) is 3.70. The van der Waals surface area contributed by atoms with E-state index in [0.717, 1.165) is 30.3 Å². The van der Waals surface area contributed by atoms with E-state index < -0.39 is 0 Å². The molecule has 1 fully saturated rings. The smallest absolute Gasteiger partial charge is 0.254 e. The van der Waals surface area contributed by atoms with E-state index in [4.69, 9.17) is 11.6 Å². The first-order valence-electron chi connectivity index (χ1n) is 6.57. The van der Waals surface area contributed by atoms with Gasteiger partial charge in [-0.3, -0.25) is 4.79 Å². The molecule has 0 unspecified atom stereocenters. The predicted octanol–water partition coefficient (Wildman–Crippen LogP) is 3.51. The van der Waals surface area contributed by atoms with Gasteiger partial charge in [0, 0.05) is 18.0 Å².